The fourth-order valence-corrected chi connectivity index (χ4v) is 1.85. The fourth-order valence-electron chi connectivity index (χ4n) is 1.85. The normalized spacial score (nSPS) is 12.0. The molecule has 0 fully saturated rings. The zero-order valence-corrected chi connectivity index (χ0v) is 12.2. The lowest BCUT2D eigenvalue weighted by atomic mass is 10.2. The Morgan fingerprint density at radius 2 is 1.71 bits per heavy atom. The van der Waals surface area contributed by atoms with Crippen LogP contribution in [0, 0.1) is 12.7 Å². The van der Waals surface area contributed by atoms with Gasteiger partial charge in [0.05, 0.1) is 6.04 Å². The summed E-state index contributed by atoms with van der Waals surface area (Å²) in [6.45, 7) is 4.31. The van der Waals surface area contributed by atoms with Crippen molar-refractivity contribution in [3.63, 3.8) is 0 Å². The second-order valence-corrected chi connectivity index (χ2v) is 5.08. The molecule has 2 N–H and O–H groups in total. The van der Waals surface area contributed by atoms with Crippen LogP contribution in [-0.2, 0) is 11.3 Å². The molecule has 21 heavy (non-hydrogen) atoms. The number of halogens is 1. The highest BCUT2D eigenvalue weighted by atomic mass is 19.1. The van der Waals surface area contributed by atoms with E-state index in [9.17, 15) is 9.18 Å². The highest BCUT2D eigenvalue weighted by Crippen LogP contribution is 2.09. The number of hydrogen-bond donors (Lipinski definition) is 2. The Bertz CT molecular complexity index is 593. The topological polar surface area (TPSA) is 41.1 Å². The van der Waals surface area contributed by atoms with Gasteiger partial charge in [0.2, 0.25) is 5.91 Å². The Morgan fingerprint density at radius 3 is 2.33 bits per heavy atom. The van der Waals surface area contributed by atoms with E-state index in [4.69, 9.17) is 0 Å². The number of carbonyl (C=O) groups excluding carboxylic acids is 1. The molecule has 0 aliphatic rings. The maximum Gasteiger partial charge on any atom is 0.241 e. The van der Waals surface area contributed by atoms with Gasteiger partial charge in [-0.15, -0.1) is 0 Å². The molecule has 0 heterocycles. The highest BCUT2D eigenvalue weighted by Gasteiger charge is 2.12. The molecule has 3 nitrogen and oxygen atoms in total. The number of carbonyl (C=O) groups is 1. The van der Waals surface area contributed by atoms with Crippen LogP contribution in [0.15, 0.2) is 48.5 Å². The van der Waals surface area contributed by atoms with E-state index in [1.165, 1.54) is 12.1 Å². The van der Waals surface area contributed by atoms with E-state index in [-0.39, 0.29) is 17.8 Å². The molecule has 0 saturated heterocycles. The van der Waals surface area contributed by atoms with Crippen molar-refractivity contribution in [3.8, 4) is 0 Å². The predicted molar refractivity (Wildman–Crippen MR) is 82.5 cm³/mol. The molecular formula is C17H19FN2O. The minimum absolute atomic E-state index is 0.0963. The van der Waals surface area contributed by atoms with Crippen molar-refractivity contribution in [3.05, 3.63) is 65.5 Å². The largest absolute Gasteiger partial charge is 0.325 e. The predicted octanol–water partition coefficient (Wildman–Crippen LogP) is 3.25. The van der Waals surface area contributed by atoms with E-state index in [1.807, 2.05) is 31.2 Å². The van der Waals surface area contributed by atoms with Crippen LogP contribution in [0.2, 0.25) is 0 Å². The third-order valence-corrected chi connectivity index (χ3v) is 3.24. The van der Waals surface area contributed by atoms with Gasteiger partial charge in [0.25, 0.3) is 0 Å². The Hall–Kier alpha value is -2.20. The number of rotatable bonds is 5. The molecular weight excluding hydrogens is 267 g/mol. The average Bonchev–Trinajstić information content (AvgIpc) is 2.48. The van der Waals surface area contributed by atoms with Gasteiger partial charge in [0.15, 0.2) is 0 Å². The van der Waals surface area contributed by atoms with Gasteiger partial charge in [-0.2, -0.15) is 0 Å². The van der Waals surface area contributed by atoms with Gasteiger partial charge in [-0.25, -0.2) is 4.39 Å². The summed E-state index contributed by atoms with van der Waals surface area (Å²) in [4.78, 5) is 12.0. The molecule has 0 aromatic heterocycles. The maximum atomic E-state index is 12.8. The van der Waals surface area contributed by atoms with Crippen molar-refractivity contribution in [1.29, 1.82) is 0 Å². The van der Waals surface area contributed by atoms with Gasteiger partial charge in [-0.1, -0.05) is 29.8 Å². The number of benzene rings is 2. The van der Waals surface area contributed by atoms with E-state index in [1.54, 1.807) is 19.1 Å². The lowest BCUT2D eigenvalue weighted by Gasteiger charge is -2.14. The van der Waals surface area contributed by atoms with Crippen molar-refractivity contribution in [2.45, 2.75) is 26.4 Å². The van der Waals surface area contributed by atoms with E-state index >= 15 is 0 Å². The van der Waals surface area contributed by atoms with Crippen LogP contribution in [0.4, 0.5) is 10.1 Å². The summed E-state index contributed by atoms with van der Waals surface area (Å²) in [7, 11) is 0. The Kier molecular flexibility index (Phi) is 5.06. The van der Waals surface area contributed by atoms with Gasteiger partial charge in [-0.05, 0) is 43.7 Å². The summed E-state index contributed by atoms with van der Waals surface area (Å²) in [5.41, 5.74) is 2.86. The third kappa shape index (κ3) is 4.68. The molecule has 0 bridgehead atoms. The monoisotopic (exact) mass is 286 g/mol. The molecule has 110 valence electrons. The van der Waals surface area contributed by atoms with Gasteiger partial charge < -0.3 is 10.6 Å². The van der Waals surface area contributed by atoms with Crippen molar-refractivity contribution in [2.24, 2.45) is 0 Å². The minimum atomic E-state index is -0.337. The lowest BCUT2D eigenvalue weighted by molar-refractivity contribution is -0.117. The second-order valence-electron chi connectivity index (χ2n) is 5.08. The molecule has 1 atom stereocenters. The molecule has 2 aromatic carbocycles. The van der Waals surface area contributed by atoms with Crippen molar-refractivity contribution < 1.29 is 9.18 Å². The molecule has 2 rings (SSSR count). The summed E-state index contributed by atoms with van der Waals surface area (Å²) in [5.74, 6) is -0.357. The number of aryl methyl sites for hydroxylation is 1. The van der Waals surface area contributed by atoms with Crippen LogP contribution in [0.1, 0.15) is 18.1 Å². The van der Waals surface area contributed by atoms with Gasteiger partial charge >= 0.3 is 0 Å². The van der Waals surface area contributed by atoms with Crippen LogP contribution in [-0.4, -0.2) is 11.9 Å². The highest BCUT2D eigenvalue weighted by molar-refractivity contribution is 5.94. The number of anilines is 1. The minimum Gasteiger partial charge on any atom is -0.325 e. The first-order valence-electron chi connectivity index (χ1n) is 6.90. The number of amides is 1. The molecule has 4 heteroatoms. The average molecular weight is 286 g/mol. The fraction of sp³-hybridized carbons (Fsp3) is 0.235. The van der Waals surface area contributed by atoms with Crippen LogP contribution in [0.25, 0.3) is 0 Å². The summed E-state index contributed by atoms with van der Waals surface area (Å²) < 4.78 is 12.8. The molecule has 0 aliphatic carbocycles. The zero-order valence-electron chi connectivity index (χ0n) is 12.2. The standard InChI is InChI=1S/C17H19FN2O/c1-12-3-9-16(10-4-12)20-17(21)13(2)19-11-14-5-7-15(18)8-6-14/h3-10,13,19H,11H2,1-2H3,(H,20,21). The van der Waals surface area contributed by atoms with Crippen LogP contribution in [0.3, 0.4) is 0 Å². The molecule has 1 amide bonds. The molecule has 0 spiro atoms. The lowest BCUT2D eigenvalue weighted by Crippen LogP contribution is -2.37. The van der Waals surface area contributed by atoms with Crippen molar-refractivity contribution in [1.82, 2.24) is 5.32 Å². The zero-order chi connectivity index (χ0) is 15.2. The first-order chi connectivity index (χ1) is 10.0. The van der Waals surface area contributed by atoms with Crippen LogP contribution < -0.4 is 10.6 Å². The van der Waals surface area contributed by atoms with E-state index in [0.29, 0.717) is 6.54 Å². The summed E-state index contributed by atoms with van der Waals surface area (Å²) >= 11 is 0. The molecule has 1 unspecified atom stereocenters. The van der Waals surface area contributed by atoms with E-state index in [0.717, 1.165) is 16.8 Å². The third-order valence-electron chi connectivity index (χ3n) is 3.24. The second kappa shape index (κ2) is 6.99. The number of hydrogen-bond acceptors (Lipinski definition) is 2. The smallest absolute Gasteiger partial charge is 0.241 e. The van der Waals surface area contributed by atoms with Gasteiger partial charge in [0.1, 0.15) is 5.82 Å². The Morgan fingerprint density at radius 1 is 1.10 bits per heavy atom. The van der Waals surface area contributed by atoms with E-state index < -0.39 is 0 Å². The van der Waals surface area contributed by atoms with Crippen molar-refractivity contribution in [2.75, 3.05) is 5.32 Å². The molecule has 0 aliphatic heterocycles. The number of nitrogens with one attached hydrogen (secondary N) is 2. The summed E-state index contributed by atoms with van der Waals surface area (Å²) in [5, 5.41) is 5.97. The van der Waals surface area contributed by atoms with Crippen LogP contribution in [0.5, 0.6) is 0 Å². The van der Waals surface area contributed by atoms with Crippen molar-refractivity contribution >= 4 is 11.6 Å². The summed E-state index contributed by atoms with van der Waals surface area (Å²) in [6.07, 6.45) is 0. The first-order valence-corrected chi connectivity index (χ1v) is 6.90. The maximum absolute atomic E-state index is 12.8. The molecule has 0 radical (unpaired) electrons. The van der Waals surface area contributed by atoms with E-state index in [2.05, 4.69) is 10.6 Å². The molecule has 0 saturated carbocycles. The quantitative estimate of drug-likeness (QED) is 0.886. The Labute approximate surface area is 124 Å². The van der Waals surface area contributed by atoms with Gasteiger partial charge in [-0.3, -0.25) is 4.79 Å². The SMILES string of the molecule is Cc1ccc(NC(=O)C(C)NCc2ccc(F)cc2)cc1. The first kappa shape index (κ1) is 15.2. The van der Waals surface area contributed by atoms with Crippen LogP contribution >= 0.6 is 0 Å². The Balaban J connectivity index is 1.84. The molecule has 2 aromatic rings. The van der Waals surface area contributed by atoms with Gasteiger partial charge in [0, 0.05) is 12.2 Å². The summed E-state index contributed by atoms with van der Waals surface area (Å²) in [6, 6.07) is 13.5.